The zero-order valence-electron chi connectivity index (χ0n) is 10.2. The Hall–Kier alpha value is -1.11. The fraction of sp³-hybridized carbons (Fsp3) is 0.533. The maximum absolute atomic E-state index is 11.3. The monoisotopic (exact) mass is 216 g/mol. The van der Waals surface area contributed by atoms with Crippen LogP contribution < -0.4 is 0 Å². The van der Waals surface area contributed by atoms with Crippen molar-refractivity contribution < 1.29 is 4.79 Å². The number of Topliss-reactive ketones (excluding diaryl/α,β-unsaturated/α-hetero) is 1. The summed E-state index contributed by atoms with van der Waals surface area (Å²) in [7, 11) is 0. The van der Waals surface area contributed by atoms with Crippen LogP contribution in [0.25, 0.3) is 0 Å². The lowest BCUT2D eigenvalue weighted by Gasteiger charge is -2.26. The lowest BCUT2D eigenvalue weighted by atomic mass is 9.79. The highest BCUT2D eigenvalue weighted by atomic mass is 16.1. The summed E-state index contributed by atoms with van der Waals surface area (Å²) in [5, 5.41) is 0. The van der Waals surface area contributed by atoms with Crippen molar-refractivity contribution in [3.63, 3.8) is 0 Å². The second-order valence-electron chi connectivity index (χ2n) is 5.14. The molecule has 0 aromatic heterocycles. The van der Waals surface area contributed by atoms with Crippen LogP contribution in [0, 0.1) is 5.92 Å². The van der Waals surface area contributed by atoms with Gasteiger partial charge < -0.3 is 0 Å². The van der Waals surface area contributed by atoms with Gasteiger partial charge in [-0.1, -0.05) is 38.0 Å². The molecule has 1 fully saturated rings. The maximum Gasteiger partial charge on any atom is 0.159 e. The second kappa shape index (κ2) is 4.82. The van der Waals surface area contributed by atoms with Gasteiger partial charge in [-0.3, -0.25) is 4.79 Å². The van der Waals surface area contributed by atoms with Crippen LogP contribution in [0.2, 0.25) is 0 Å². The van der Waals surface area contributed by atoms with Gasteiger partial charge in [0.1, 0.15) is 0 Å². The highest BCUT2D eigenvalue weighted by molar-refractivity contribution is 5.94. The van der Waals surface area contributed by atoms with E-state index in [9.17, 15) is 4.79 Å². The summed E-state index contributed by atoms with van der Waals surface area (Å²) in [6.45, 7) is 3.98. The van der Waals surface area contributed by atoms with E-state index in [0.29, 0.717) is 5.92 Å². The van der Waals surface area contributed by atoms with E-state index in [4.69, 9.17) is 0 Å². The van der Waals surface area contributed by atoms with Gasteiger partial charge in [-0.25, -0.2) is 0 Å². The zero-order chi connectivity index (χ0) is 11.5. The third kappa shape index (κ3) is 2.52. The van der Waals surface area contributed by atoms with Gasteiger partial charge in [0.15, 0.2) is 5.78 Å². The molecule has 0 N–H and O–H groups in total. The van der Waals surface area contributed by atoms with Crippen molar-refractivity contribution in [2.75, 3.05) is 0 Å². The molecule has 16 heavy (non-hydrogen) atoms. The summed E-state index contributed by atoms with van der Waals surface area (Å²) >= 11 is 0. The maximum atomic E-state index is 11.3. The molecule has 86 valence electrons. The predicted octanol–water partition coefficient (Wildman–Crippen LogP) is 4.18. The Morgan fingerprint density at radius 3 is 2.50 bits per heavy atom. The molecule has 0 atom stereocenters. The van der Waals surface area contributed by atoms with E-state index in [0.717, 1.165) is 11.5 Å². The first kappa shape index (κ1) is 11.4. The van der Waals surface area contributed by atoms with Crippen molar-refractivity contribution in [1.29, 1.82) is 0 Å². The Morgan fingerprint density at radius 2 is 1.88 bits per heavy atom. The molecule has 1 aliphatic rings. The van der Waals surface area contributed by atoms with E-state index < -0.39 is 0 Å². The first-order chi connectivity index (χ1) is 7.66. The molecule has 0 radical (unpaired) electrons. The second-order valence-corrected chi connectivity index (χ2v) is 5.14. The van der Waals surface area contributed by atoms with Crippen molar-refractivity contribution >= 4 is 5.78 Å². The fourth-order valence-electron chi connectivity index (χ4n) is 2.61. The molecule has 1 aliphatic carbocycles. The minimum atomic E-state index is 0.172. The Bertz CT molecular complexity index is 373. The normalized spacial score (nSPS) is 25.4. The van der Waals surface area contributed by atoms with E-state index in [1.807, 2.05) is 12.1 Å². The van der Waals surface area contributed by atoms with Gasteiger partial charge in [-0.15, -0.1) is 0 Å². The average Bonchev–Trinajstić information content (AvgIpc) is 2.30. The number of carbonyl (C=O) groups excluding carboxylic acids is 1. The van der Waals surface area contributed by atoms with Gasteiger partial charge in [0.25, 0.3) is 0 Å². The minimum Gasteiger partial charge on any atom is -0.295 e. The van der Waals surface area contributed by atoms with Gasteiger partial charge in [0.2, 0.25) is 0 Å². The smallest absolute Gasteiger partial charge is 0.159 e. The summed E-state index contributed by atoms with van der Waals surface area (Å²) in [6.07, 6.45) is 5.22. The lowest BCUT2D eigenvalue weighted by molar-refractivity contribution is 0.101. The first-order valence-electron chi connectivity index (χ1n) is 6.27. The molecule has 0 unspecified atom stereocenters. The number of rotatable bonds is 2. The molecule has 0 saturated heterocycles. The van der Waals surface area contributed by atoms with Crippen LogP contribution in [0.5, 0.6) is 0 Å². The molecule has 0 aliphatic heterocycles. The average molecular weight is 216 g/mol. The number of ketones is 1. The quantitative estimate of drug-likeness (QED) is 0.678. The van der Waals surface area contributed by atoms with Crippen molar-refractivity contribution in [3.05, 3.63) is 35.4 Å². The standard InChI is InChI=1S/C15H20O/c1-11-6-8-13(9-7-11)15-5-3-4-14(10-15)12(2)16/h3-5,10-11,13H,6-9H2,1-2H3. The number of benzene rings is 1. The first-order valence-corrected chi connectivity index (χ1v) is 6.27. The molecule has 0 spiro atoms. The molecule has 1 nitrogen and oxygen atoms in total. The molecule has 1 aromatic carbocycles. The van der Waals surface area contributed by atoms with Crippen molar-refractivity contribution in [2.45, 2.75) is 45.4 Å². The van der Waals surface area contributed by atoms with Gasteiger partial charge in [0.05, 0.1) is 0 Å². The minimum absolute atomic E-state index is 0.172. The third-order valence-electron chi connectivity index (χ3n) is 3.78. The van der Waals surface area contributed by atoms with Crippen LogP contribution in [0.1, 0.15) is 61.4 Å². The number of hydrogen-bond acceptors (Lipinski definition) is 1. The van der Waals surface area contributed by atoms with Gasteiger partial charge in [-0.05, 0) is 43.2 Å². The predicted molar refractivity (Wildman–Crippen MR) is 66.8 cm³/mol. The molecule has 2 rings (SSSR count). The summed E-state index contributed by atoms with van der Waals surface area (Å²) in [6, 6.07) is 8.19. The summed E-state index contributed by atoms with van der Waals surface area (Å²) in [5.74, 6) is 1.73. The molecule has 0 heterocycles. The van der Waals surface area contributed by atoms with Crippen LogP contribution in [0.3, 0.4) is 0 Å². The number of carbonyl (C=O) groups is 1. The summed E-state index contributed by atoms with van der Waals surface area (Å²) < 4.78 is 0. The fourth-order valence-corrected chi connectivity index (χ4v) is 2.61. The summed E-state index contributed by atoms with van der Waals surface area (Å²) in [4.78, 5) is 11.3. The van der Waals surface area contributed by atoms with E-state index in [1.54, 1.807) is 6.92 Å². The SMILES string of the molecule is CC(=O)c1cccc(C2CCC(C)CC2)c1. The van der Waals surface area contributed by atoms with Gasteiger partial charge in [-0.2, -0.15) is 0 Å². The van der Waals surface area contributed by atoms with E-state index in [2.05, 4.69) is 19.1 Å². The molecule has 0 amide bonds. The van der Waals surface area contributed by atoms with Crippen molar-refractivity contribution in [3.8, 4) is 0 Å². The Labute approximate surface area is 97.9 Å². The van der Waals surface area contributed by atoms with Crippen LogP contribution in [-0.4, -0.2) is 5.78 Å². The van der Waals surface area contributed by atoms with Gasteiger partial charge in [0, 0.05) is 5.56 Å². The van der Waals surface area contributed by atoms with E-state index in [1.165, 1.54) is 31.2 Å². The van der Waals surface area contributed by atoms with Crippen LogP contribution in [0.15, 0.2) is 24.3 Å². The zero-order valence-corrected chi connectivity index (χ0v) is 10.2. The van der Waals surface area contributed by atoms with E-state index in [-0.39, 0.29) is 5.78 Å². The lowest BCUT2D eigenvalue weighted by Crippen LogP contribution is -2.11. The highest BCUT2D eigenvalue weighted by Gasteiger charge is 2.19. The molecular weight excluding hydrogens is 196 g/mol. The summed E-state index contributed by atoms with van der Waals surface area (Å²) in [5.41, 5.74) is 2.22. The molecule has 1 aromatic rings. The van der Waals surface area contributed by atoms with Crippen LogP contribution in [-0.2, 0) is 0 Å². The van der Waals surface area contributed by atoms with Gasteiger partial charge >= 0.3 is 0 Å². The van der Waals surface area contributed by atoms with Crippen LogP contribution in [0.4, 0.5) is 0 Å². The molecule has 1 saturated carbocycles. The molecular formula is C15H20O. The van der Waals surface area contributed by atoms with E-state index >= 15 is 0 Å². The van der Waals surface area contributed by atoms with Crippen LogP contribution >= 0.6 is 0 Å². The number of hydrogen-bond donors (Lipinski definition) is 0. The largest absolute Gasteiger partial charge is 0.295 e. The Kier molecular flexibility index (Phi) is 3.42. The molecule has 1 heteroatoms. The van der Waals surface area contributed by atoms with Crippen molar-refractivity contribution in [1.82, 2.24) is 0 Å². The topological polar surface area (TPSA) is 17.1 Å². The third-order valence-corrected chi connectivity index (χ3v) is 3.78. The highest BCUT2D eigenvalue weighted by Crippen LogP contribution is 2.35. The van der Waals surface area contributed by atoms with Crippen molar-refractivity contribution in [2.24, 2.45) is 5.92 Å². The molecule has 0 bridgehead atoms. The Balaban J connectivity index is 2.14. The Morgan fingerprint density at radius 1 is 1.19 bits per heavy atom.